The Morgan fingerprint density at radius 3 is 2.43 bits per heavy atom. The largest absolute Gasteiger partial charge is 0.619 e. The van der Waals surface area contributed by atoms with Crippen LogP contribution in [0.15, 0.2) is 54.9 Å². The fourth-order valence-electron chi connectivity index (χ4n) is 4.67. The van der Waals surface area contributed by atoms with Gasteiger partial charge in [0.2, 0.25) is 0 Å². The molecule has 0 saturated carbocycles. The first-order chi connectivity index (χ1) is 14.5. The van der Waals surface area contributed by atoms with Crippen LogP contribution in [0.1, 0.15) is 28.4 Å². The topological polar surface area (TPSA) is 99.8 Å². The number of fused-ring (bicyclic) bond motifs is 1. The van der Waals surface area contributed by atoms with E-state index in [4.69, 9.17) is 0 Å². The molecule has 2 fully saturated rings. The molecule has 8 nitrogen and oxygen atoms in total. The van der Waals surface area contributed by atoms with Crippen LogP contribution in [0, 0.1) is 17.0 Å². The highest BCUT2D eigenvalue weighted by atomic mass is 16.5. The van der Waals surface area contributed by atoms with E-state index >= 15 is 0 Å². The number of hydrogen-bond acceptors (Lipinski definition) is 4. The van der Waals surface area contributed by atoms with Crippen LogP contribution in [-0.4, -0.2) is 59.6 Å². The minimum Gasteiger partial charge on any atom is -0.619 e. The van der Waals surface area contributed by atoms with E-state index in [9.17, 15) is 19.9 Å². The van der Waals surface area contributed by atoms with Gasteiger partial charge >= 0.3 is 6.09 Å². The van der Waals surface area contributed by atoms with Gasteiger partial charge in [-0.1, -0.05) is 30.3 Å². The quantitative estimate of drug-likeness (QED) is 0.558. The van der Waals surface area contributed by atoms with E-state index in [1.165, 1.54) is 12.4 Å². The lowest BCUT2D eigenvalue weighted by Gasteiger charge is -2.24. The van der Waals surface area contributed by atoms with Gasteiger partial charge < -0.3 is 25.4 Å². The third-order valence-electron chi connectivity index (χ3n) is 6.10. The standard InChI is InChI=1S/C22H26N4O4/c27-21(17-7-4-9-26(30)15-17)25-13-18-11-24(12-19(18)14-25)10-8-20(23-22(28)29)16-5-2-1-3-6-16/h1-7,9,15,18-20,23H,8,10-14H2,(H,28,29)/t18-,19?,20?/m0/s1. The monoisotopic (exact) mass is 410 g/mol. The van der Waals surface area contributed by atoms with Crippen LogP contribution < -0.4 is 10.0 Å². The zero-order chi connectivity index (χ0) is 21.1. The number of aromatic nitrogens is 1. The SMILES string of the molecule is O=C(O)NC(CCN1CC2CN(C(=O)c3ccc[n+]([O-])c3)C[C@@H]2C1)c1ccccc1. The van der Waals surface area contributed by atoms with Crippen molar-refractivity contribution >= 4 is 12.0 Å². The molecule has 2 N–H and O–H groups in total. The Balaban J connectivity index is 1.31. The third-order valence-corrected chi connectivity index (χ3v) is 6.10. The number of nitrogens with zero attached hydrogens (tertiary/aromatic N) is 3. The van der Waals surface area contributed by atoms with Gasteiger partial charge in [0.1, 0.15) is 5.56 Å². The van der Waals surface area contributed by atoms with Gasteiger partial charge in [-0.25, -0.2) is 4.79 Å². The predicted octanol–water partition coefficient (Wildman–Crippen LogP) is 1.72. The van der Waals surface area contributed by atoms with E-state index < -0.39 is 6.09 Å². The fraction of sp³-hybridized carbons (Fsp3) is 0.409. The van der Waals surface area contributed by atoms with Crippen LogP contribution in [-0.2, 0) is 0 Å². The van der Waals surface area contributed by atoms with E-state index in [2.05, 4.69) is 10.2 Å². The van der Waals surface area contributed by atoms with Crippen LogP contribution in [0.4, 0.5) is 4.79 Å². The van der Waals surface area contributed by atoms with Crippen LogP contribution in [0.2, 0.25) is 0 Å². The Kier molecular flexibility index (Phi) is 5.85. The maximum atomic E-state index is 12.7. The minimum atomic E-state index is -1.02. The highest BCUT2D eigenvalue weighted by Gasteiger charge is 2.41. The molecule has 0 bridgehead atoms. The lowest BCUT2D eigenvalue weighted by atomic mass is 10.0. The molecule has 158 valence electrons. The number of carboxylic acid groups (broad SMARTS) is 1. The van der Waals surface area contributed by atoms with Crippen LogP contribution in [0.25, 0.3) is 0 Å². The number of amides is 2. The van der Waals surface area contributed by atoms with E-state index in [-0.39, 0.29) is 11.9 Å². The number of benzene rings is 1. The van der Waals surface area contributed by atoms with Crippen LogP contribution in [0.3, 0.4) is 0 Å². The number of hydrogen-bond donors (Lipinski definition) is 2. The number of carbonyl (C=O) groups is 2. The molecule has 1 aromatic heterocycles. The Hall–Kier alpha value is -3.13. The molecule has 2 aliphatic rings. The van der Waals surface area contributed by atoms with Crippen molar-refractivity contribution in [3.63, 3.8) is 0 Å². The highest BCUT2D eigenvalue weighted by Crippen LogP contribution is 2.32. The zero-order valence-electron chi connectivity index (χ0n) is 16.7. The Morgan fingerprint density at radius 1 is 1.10 bits per heavy atom. The Morgan fingerprint density at radius 2 is 1.80 bits per heavy atom. The summed E-state index contributed by atoms with van der Waals surface area (Å²) in [5.74, 6) is 0.746. The molecular formula is C22H26N4O4. The fourth-order valence-corrected chi connectivity index (χ4v) is 4.67. The van der Waals surface area contributed by atoms with Crippen molar-refractivity contribution in [1.82, 2.24) is 15.1 Å². The van der Waals surface area contributed by atoms with Crippen molar-refractivity contribution in [2.45, 2.75) is 12.5 Å². The lowest BCUT2D eigenvalue weighted by molar-refractivity contribution is -0.605. The molecule has 30 heavy (non-hydrogen) atoms. The lowest BCUT2D eigenvalue weighted by Crippen LogP contribution is -2.36. The summed E-state index contributed by atoms with van der Waals surface area (Å²) in [6.07, 6.45) is 2.37. The van der Waals surface area contributed by atoms with Crippen molar-refractivity contribution in [2.75, 3.05) is 32.7 Å². The normalized spacial score (nSPS) is 21.9. The highest BCUT2D eigenvalue weighted by molar-refractivity contribution is 5.93. The van der Waals surface area contributed by atoms with Crippen molar-refractivity contribution in [2.24, 2.45) is 11.8 Å². The molecule has 3 heterocycles. The van der Waals surface area contributed by atoms with Gasteiger partial charge in [0, 0.05) is 38.8 Å². The minimum absolute atomic E-state index is 0.0871. The summed E-state index contributed by atoms with van der Waals surface area (Å²) in [5.41, 5.74) is 1.39. The number of pyridine rings is 1. The summed E-state index contributed by atoms with van der Waals surface area (Å²) >= 11 is 0. The first kappa shape index (κ1) is 20.2. The molecule has 0 radical (unpaired) electrons. The summed E-state index contributed by atoms with van der Waals surface area (Å²) in [7, 11) is 0. The number of nitrogens with one attached hydrogen (secondary N) is 1. The predicted molar refractivity (Wildman–Crippen MR) is 110 cm³/mol. The molecule has 2 unspecified atom stereocenters. The number of carbonyl (C=O) groups excluding carboxylic acids is 1. The molecule has 2 saturated heterocycles. The van der Waals surface area contributed by atoms with E-state index in [0.717, 1.165) is 25.2 Å². The average Bonchev–Trinajstić information content (AvgIpc) is 3.30. The molecule has 3 atom stereocenters. The van der Waals surface area contributed by atoms with Gasteiger partial charge in [0.05, 0.1) is 6.04 Å². The van der Waals surface area contributed by atoms with Crippen LogP contribution >= 0.6 is 0 Å². The van der Waals surface area contributed by atoms with Crippen molar-refractivity contribution in [1.29, 1.82) is 0 Å². The summed E-state index contributed by atoms with van der Waals surface area (Å²) < 4.78 is 0.653. The number of likely N-dealkylation sites (tertiary alicyclic amines) is 2. The molecule has 0 aliphatic carbocycles. The second-order valence-corrected chi connectivity index (χ2v) is 8.14. The third kappa shape index (κ3) is 4.54. The van der Waals surface area contributed by atoms with Gasteiger partial charge in [-0.3, -0.25) is 4.79 Å². The van der Waals surface area contributed by atoms with E-state index in [1.807, 2.05) is 35.2 Å². The first-order valence-electron chi connectivity index (χ1n) is 10.2. The smallest absolute Gasteiger partial charge is 0.405 e. The van der Waals surface area contributed by atoms with Gasteiger partial charge in [0.25, 0.3) is 5.91 Å². The molecule has 1 aromatic carbocycles. The molecule has 2 amide bonds. The van der Waals surface area contributed by atoms with E-state index in [0.29, 0.717) is 41.6 Å². The van der Waals surface area contributed by atoms with Gasteiger partial charge in [-0.2, -0.15) is 4.73 Å². The van der Waals surface area contributed by atoms with Crippen molar-refractivity contribution in [3.8, 4) is 0 Å². The number of rotatable bonds is 6. The van der Waals surface area contributed by atoms with E-state index in [1.54, 1.807) is 12.1 Å². The zero-order valence-corrected chi connectivity index (χ0v) is 16.7. The van der Waals surface area contributed by atoms with Crippen LogP contribution in [0.5, 0.6) is 0 Å². The summed E-state index contributed by atoms with van der Waals surface area (Å²) in [5, 5.41) is 23.2. The Bertz CT molecular complexity index is 893. The van der Waals surface area contributed by atoms with Gasteiger partial charge in [-0.05, 0) is 29.9 Å². The van der Waals surface area contributed by atoms with Gasteiger partial charge in [0.15, 0.2) is 12.4 Å². The van der Waals surface area contributed by atoms with Gasteiger partial charge in [-0.15, -0.1) is 0 Å². The molecular weight excluding hydrogens is 384 g/mol. The molecule has 0 spiro atoms. The van der Waals surface area contributed by atoms with Crippen molar-refractivity contribution in [3.05, 3.63) is 71.2 Å². The second-order valence-electron chi connectivity index (χ2n) is 8.14. The summed E-state index contributed by atoms with van der Waals surface area (Å²) in [6.45, 7) is 4.00. The molecule has 2 aliphatic heterocycles. The Labute approximate surface area is 175 Å². The average molecular weight is 410 g/mol. The molecule has 2 aromatic rings. The maximum absolute atomic E-state index is 12.7. The molecule has 8 heteroatoms. The summed E-state index contributed by atoms with van der Waals surface area (Å²) in [6, 6.07) is 12.7. The van der Waals surface area contributed by atoms with Crippen molar-refractivity contribution < 1.29 is 19.4 Å². The maximum Gasteiger partial charge on any atom is 0.405 e. The first-order valence-corrected chi connectivity index (χ1v) is 10.2. The second kappa shape index (κ2) is 8.71. The molecule has 4 rings (SSSR count). The summed E-state index contributed by atoms with van der Waals surface area (Å²) in [4.78, 5) is 28.1.